The van der Waals surface area contributed by atoms with Gasteiger partial charge < -0.3 is 18.8 Å². The maximum absolute atomic E-state index is 12.2. The number of methoxy groups -OCH3 is 1. The molecule has 0 saturated heterocycles. The van der Waals surface area contributed by atoms with Crippen molar-refractivity contribution in [2.24, 2.45) is 7.05 Å². The number of para-hydroxylation sites is 2. The number of aryl methyl sites for hydroxylation is 1. The highest BCUT2D eigenvalue weighted by Crippen LogP contribution is 2.25. The number of aromatic nitrogens is 1. The zero-order valence-electron chi connectivity index (χ0n) is 14.3. The molecule has 0 saturated carbocycles. The van der Waals surface area contributed by atoms with Gasteiger partial charge in [-0.1, -0.05) is 12.1 Å². The van der Waals surface area contributed by atoms with Crippen LogP contribution in [-0.4, -0.2) is 36.6 Å². The molecule has 128 valence electrons. The number of rotatable bonds is 7. The van der Waals surface area contributed by atoms with E-state index in [1.807, 2.05) is 25.5 Å². The average Bonchev–Trinajstić information content (AvgIpc) is 2.85. The maximum atomic E-state index is 12.2. The second-order valence-electron chi connectivity index (χ2n) is 5.37. The standard InChI is InChI=1S/C18H21NO5/c1-12-9-14(13(2)19(12)3)15(20)10-24-18(21)11-23-17-8-6-5-7-16(17)22-4/h5-9H,10-11H2,1-4H3. The van der Waals surface area contributed by atoms with Gasteiger partial charge in [0, 0.05) is 24.0 Å². The molecule has 0 spiro atoms. The van der Waals surface area contributed by atoms with E-state index in [1.165, 1.54) is 7.11 Å². The molecule has 0 amide bonds. The first kappa shape index (κ1) is 17.6. The van der Waals surface area contributed by atoms with E-state index in [2.05, 4.69) is 0 Å². The van der Waals surface area contributed by atoms with Crippen LogP contribution in [0, 0.1) is 13.8 Å². The fourth-order valence-corrected chi connectivity index (χ4v) is 2.28. The SMILES string of the molecule is COc1ccccc1OCC(=O)OCC(=O)c1cc(C)n(C)c1C. The Kier molecular flexibility index (Phi) is 5.63. The van der Waals surface area contributed by atoms with Crippen molar-refractivity contribution in [1.29, 1.82) is 0 Å². The van der Waals surface area contributed by atoms with Crippen LogP contribution < -0.4 is 9.47 Å². The van der Waals surface area contributed by atoms with E-state index in [0.717, 1.165) is 11.4 Å². The second kappa shape index (κ2) is 7.68. The van der Waals surface area contributed by atoms with Gasteiger partial charge in [0.2, 0.25) is 5.78 Å². The van der Waals surface area contributed by atoms with Gasteiger partial charge in [0.25, 0.3) is 0 Å². The largest absolute Gasteiger partial charge is 0.493 e. The summed E-state index contributed by atoms with van der Waals surface area (Å²) in [5.74, 6) is 0.121. The van der Waals surface area contributed by atoms with Crippen LogP contribution in [0.25, 0.3) is 0 Å². The summed E-state index contributed by atoms with van der Waals surface area (Å²) in [6.45, 7) is 3.17. The quantitative estimate of drug-likeness (QED) is 0.576. The zero-order valence-corrected chi connectivity index (χ0v) is 14.3. The summed E-state index contributed by atoms with van der Waals surface area (Å²) in [6, 6.07) is 8.77. The Morgan fingerprint density at radius 3 is 2.33 bits per heavy atom. The number of carbonyl (C=O) groups excluding carboxylic acids is 2. The summed E-state index contributed by atoms with van der Waals surface area (Å²) in [6.07, 6.45) is 0. The summed E-state index contributed by atoms with van der Waals surface area (Å²) >= 11 is 0. The highest BCUT2D eigenvalue weighted by Gasteiger charge is 2.16. The first-order valence-corrected chi connectivity index (χ1v) is 7.51. The lowest BCUT2D eigenvalue weighted by atomic mass is 10.1. The van der Waals surface area contributed by atoms with Gasteiger partial charge in [0.1, 0.15) is 0 Å². The average molecular weight is 331 g/mol. The van der Waals surface area contributed by atoms with Crippen LogP contribution >= 0.6 is 0 Å². The van der Waals surface area contributed by atoms with Gasteiger partial charge in [0.15, 0.2) is 24.7 Å². The van der Waals surface area contributed by atoms with Crippen molar-refractivity contribution in [3.05, 3.63) is 47.3 Å². The topological polar surface area (TPSA) is 66.8 Å². The lowest BCUT2D eigenvalue weighted by Gasteiger charge is -2.10. The normalized spacial score (nSPS) is 10.3. The molecule has 1 aromatic carbocycles. The van der Waals surface area contributed by atoms with Gasteiger partial charge in [-0.05, 0) is 32.0 Å². The summed E-state index contributed by atoms with van der Waals surface area (Å²) in [5, 5.41) is 0. The van der Waals surface area contributed by atoms with Crippen molar-refractivity contribution in [3.63, 3.8) is 0 Å². The maximum Gasteiger partial charge on any atom is 0.344 e. The minimum Gasteiger partial charge on any atom is -0.493 e. The summed E-state index contributed by atoms with van der Waals surface area (Å²) in [7, 11) is 3.40. The fourth-order valence-electron chi connectivity index (χ4n) is 2.28. The molecule has 24 heavy (non-hydrogen) atoms. The number of hydrogen-bond donors (Lipinski definition) is 0. The molecule has 6 heteroatoms. The smallest absolute Gasteiger partial charge is 0.344 e. The van der Waals surface area contributed by atoms with E-state index in [4.69, 9.17) is 14.2 Å². The highest BCUT2D eigenvalue weighted by atomic mass is 16.6. The minimum atomic E-state index is -0.612. The highest BCUT2D eigenvalue weighted by molar-refractivity contribution is 5.99. The molecule has 0 aliphatic heterocycles. The molecule has 2 aromatic rings. The minimum absolute atomic E-state index is 0.234. The number of benzene rings is 1. The number of esters is 1. The molecule has 0 aliphatic rings. The molecule has 1 heterocycles. The number of hydrogen-bond acceptors (Lipinski definition) is 5. The van der Waals surface area contributed by atoms with Crippen LogP contribution in [0.15, 0.2) is 30.3 Å². The van der Waals surface area contributed by atoms with Crippen molar-refractivity contribution >= 4 is 11.8 Å². The predicted octanol–water partition coefficient (Wildman–Crippen LogP) is 2.46. The number of ketones is 1. The number of carbonyl (C=O) groups is 2. The molecule has 2 rings (SSSR count). The van der Waals surface area contributed by atoms with E-state index < -0.39 is 5.97 Å². The molecular weight excluding hydrogens is 310 g/mol. The van der Waals surface area contributed by atoms with Gasteiger partial charge in [-0.25, -0.2) is 4.79 Å². The third-order valence-electron chi connectivity index (χ3n) is 3.85. The predicted molar refractivity (Wildman–Crippen MR) is 88.7 cm³/mol. The van der Waals surface area contributed by atoms with Crippen LogP contribution in [-0.2, 0) is 16.6 Å². The van der Waals surface area contributed by atoms with Crippen molar-refractivity contribution in [1.82, 2.24) is 4.57 Å². The van der Waals surface area contributed by atoms with Crippen LogP contribution in [0.2, 0.25) is 0 Å². The zero-order chi connectivity index (χ0) is 17.7. The van der Waals surface area contributed by atoms with Gasteiger partial charge in [-0.2, -0.15) is 0 Å². The Bertz CT molecular complexity index is 748. The number of Topliss-reactive ketones (excluding diaryl/α,β-unsaturated/α-hetero) is 1. The molecule has 0 unspecified atom stereocenters. The Morgan fingerprint density at radius 2 is 1.75 bits per heavy atom. The van der Waals surface area contributed by atoms with Crippen molar-refractivity contribution in [2.45, 2.75) is 13.8 Å². The molecule has 0 fully saturated rings. The molecule has 6 nitrogen and oxygen atoms in total. The number of ether oxygens (including phenoxy) is 3. The number of nitrogens with zero attached hydrogens (tertiary/aromatic N) is 1. The Balaban J connectivity index is 1.87. The van der Waals surface area contributed by atoms with Crippen molar-refractivity contribution in [3.8, 4) is 11.5 Å². The van der Waals surface area contributed by atoms with Crippen LogP contribution in [0.1, 0.15) is 21.7 Å². The van der Waals surface area contributed by atoms with E-state index in [1.54, 1.807) is 30.3 Å². The van der Waals surface area contributed by atoms with Gasteiger partial charge in [-0.15, -0.1) is 0 Å². The van der Waals surface area contributed by atoms with E-state index >= 15 is 0 Å². The summed E-state index contributed by atoms with van der Waals surface area (Å²) < 4.78 is 17.4. The van der Waals surface area contributed by atoms with Crippen molar-refractivity contribution in [2.75, 3.05) is 20.3 Å². The molecular formula is C18H21NO5. The monoisotopic (exact) mass is 331 g/mol. The lowest BCUT2D eigenvalue weighted by molar-refractivity contribution is -0.144. The molecule has 0 bridgehead atoms. The second-order valence-corrected chi connectivity index (χ2v) is 5.37. The summed E-state index contributed by atoms with van der Waals surface area (Å²) in [5.41, 5.74) is 2.38. The Hall–Kier alpha value is -2.76. The summed E-state index contributed by atoms with van der Waals surface area (Å²) in [4.78, 5) is 23.9. The third-order valence-corrected chi connectivity index (χ3v) is 3.85. The molecule has 1 aromatic heterocycles. The molecule has 0 aliphatic carbocycles. The first-order chi connectivity index (χ1) is 11.4. The Labute approximate surface area is 140 Å². The van der Waals surface area contributed by atoms with E-state index in [0.29, 0.717) is 17.1 Å². The fraction of sp³-hybridized carbons (Fsp3) is 0.333. The van der Waals surface area contributed by atoms with Crippen LogP contribution in [0.5, 0.6) is 11.5 Å². The van der Waals surface area contributed by atoms with E-state index in [-0.39, 0.29) is 19.0 Å². The van der Waals surface area contributed by atoms with Gasteiger partial charge >= 0.3 is 5.97 Å². The van der Waals surface area contributed by atoms with Gasteiger partial charge in [0.05, 0.1) is 7.11 Å². The Morgan fingerprint density at radius 1 is 1.08 bits per heavy atom. The molecule has 0 atom stereocenters. The molecule has 0 radical (unpaired) electrons. The van der Waals surface area contributed by atoms with Crippen LogP contribution in [0.3, 0.4) is 0 Å². The van der Waals surface area contributed by atoms with Crippen LogP contribution in [0.4, 0.5) is 0 Å². The lowest BCUT2D eigenvalue weighted by Crippen LogP contribution is -2.20. The van der Waals surface area contributed by atoms with E-state index in [9.17, 15) is 9.59 Å². The first-order valence-electron chi connectivity index (χ1n) is 7.51. The van der Waals surface area contributed by atoms with Gasteiger partial charge in [-0.3, -0.25) is 4.79 Å². The molecule has 0 N–H and O–H groups in total. The third kappa shape index (κ3) is 3.95. The van der Waals surface area contributed by atoms with Crippen molar-refractivity contribution < 1.29 is 23.8 Å².